The van der Waals surface area contributed by atoms with E-state index in [1.54, 1.807) is 18.4 Å². The van der Waals surface area contributed by atoms with Gasteiger partial charge in [-0.05, 0) is 14.1 Å². The zero-order chi connectivity index (χ0) is 15.2. The van der Waals surface area contributed by atoms with Gasteiger partial charge in [-0.2, -0.15) is 0 Å². The van der Waals surface area contributed by atoms with E-state index in [1.807, 2.05) is 0 Å². The highest BCUT2D eigenvalue weighted by molar-refractivity contribution is 7.15. The van der Waals surface area contributed by atoms with Crippen molar-refractivity contribution >= 4 is 16.5 Å². The molecule has 7 heteroatoms. The minimum atomic E-state index is 0.541. The molecular formula is C14H27N5OS. The highest BCUT2D eigenvalue weighted by Crippen LogP contribution is 2.27. The van der Waals surface area contributed by atoms with Crippen LogP contribution < -0.4 is 10.6 Å². The summed E-state index contributed by atoms with van der Waals surface area (Å²) in [5.41, 5.74) is 6.79. The molecule has 1 aromatic rings. The van der Waals surface area contributed by atoms with Gasteiger partial charge in [0.25, 0.3) is 0 Å². The van der Waals surface area contributed by atoms with Crippen LogP contribution in [0.2, 0.25) is 0 Å². The number of piperazine rings is 1. The molecule has 0 unspecified atom stereocenters. The molecule has 2 heterocycles. The fraction of sp³-hybridized carbons (Fsp3) is 0.786. The summed E-state index contributed by atoms with van der Waals surface area (Å²) in [6.07, 6.45) is 0. The first-order valence-electron chi connectivity index (χ1n) is 7.43. The van der Waals surface area contributed by atoms with Crippen molar-refractivity contribution in [3.05, 3.63) is 10.6 Å². The van der Waals surface area contributed by atoms with Crippen molar-refractivity contribution in [1.29, 1.82) is 0 Å². The lowest BCUT2D eigenvalue weighted by molar-refractivity contribution is 0.181. The molecule has 0 amide bonds. The van der Waals surface area contributed by atoms with Crippen LogP contribution in [0.15, 0.2) is 0 Å². The molecule has 0 radical (unpaired) electrons. The van der Waals surface area contributed by atoms with Crippen molar-refractivity contribution in [1.82, 2.24) is 14.8 Å². The third kappa shape index (κ3) is 4.62. The SMILES string of the molecule is COCc1nc(N2CCN(CCN(C)C)CC2)sc1CN. The molecule has 1 aliphatic rings. The van der Waals surface area contributed by atoms with E-state index in [-0.39, 0.29) is 0 Å². The fourth-order valence-corrected chi connectivity index (χ4v) is 3.41. The van der Waals surface area contributed by atoms with Crippen LogP contribution in [0, 0.1) is 0 Å². The summed E-state index contributed by atoms with van der Waals surface area (Å²) in [7, 11) is 5.94. The van der Waals surface area contributed by atoms with Gasteiger partial charge in [-0.3, -0.25) is 4.90 Å². The number of hydrogen-bond donors (Lipinski definition) is 1. The van der Waals surface area contributed by atoms with Crippen LogP contribution in [0.4, 0.5) is 5.13 Å². The minimum Gasteiger partial charge on any atom is -0.378 e. The van der Waals surface area contributed by atoms with Crippen LogP contribution in [0.5, 0.6) is 0 Å². The van der Waals surface area contributed by atoms with Crippen LogP contribution in [0.3, 0.4) is 0 Å². The lowest BCUT2D eigenvalue weighted by Gasteiger charge is -2.35. The molecule has 1 fully saturated rings. The molecule has 2 rings (SSSR count). The predicted molar refractivity (Wildman–Crippen MR) is 87.9 cm³/mol. The van der Waals surface area contributed by atoms with Gasteiger partial charge in [0.1, 0.15) is 0 Å². The number of likely N-dealkylation sites (N-methyl/N-ethyl adjacent to an activating group) is 1. The van der Waals surface area contributed by atoms with Gasteiger partial charge >= 0.3 is 0 Å². The Morgan fingerprint density at radius 2 is 2.00 bits per heavy atom. The van der Waals surface area contributed by atoms with Crippen molar-refractivity contribution in [2.45, 2.75) is 13.2 Å². The number of rotatable bonds is 7. The summed E-state index contributed by atoms with van der Waals surface area (Å²) in [4.78, 5) is 13.0. The number of aromatic nitrogens is 1. The van der Waals surface area contributed by atoms with Gasteiger partial charge in [-0.15, -0.1) is 11.3 Å². The maximum absolute atomic E-state index is 5.80. The first-order valence-corrected chi connectivity index (χ1v) is 8.25. The highest BCUT2D eigenvalue weighted by atomic mass is 32.1. The molecule has 2 N–H and O–H groups in total. The number of anilines is 1. The van der Waals surface area contributed by atoms with E-state index in [9.17, 15) is 0 Å². The summed E-state index contributed by atoms with van der Waals surface area (Å²) in [5.74, 6) is 0. The second kappa shape index (κ2) is 8.05. The number of nitrogens with two attached hydrogens (primary N) is 1. The molecule has 6 nitrogen and oxygen atoms in total. The van der Waals surface area contributed by atoms with E-state index in [4.69, 9.17) is 15.5 Å². The summed E-state index contributed by atoms with van der Waals surface area (Å²) < 4.78 is 5.20. The first kappa shape index (κ1) is 16.6. The Labute approximate surface area is 131 Å². The number of hydrogen-bond acceptors (Lipinski definition) is 7. The summed E-state index contributed by atoms with van der Waals surface area (Å²) in [6, 6.07) is 0. The second-order valence-corrected chi connectivity index (χ2v) is 6.70. The third-order valence-electron chi connectivity index (χ3n) is 3.74. The Morgan fingerprint density at radius 1 is 1.29 bits per heavy atom. The quantitative estimate of drug-likeness (QED) is 0.788. The van der Waals surface area contributed by atoms with E-state index in [1.165, 1.54) is 0 Å². The van der Waals surface area contributed by atoms with Crippen LogP contribution in [-0.4, -0.2) is 75.3 Å². The predicted octanol–water partition coefficient (Wildman–Crippen LogP) is 0.432. The summed E-state index contributed by atoms with van der Waals surface area (Å²) in [5, 5.41) is 1.09. The highest BCUT2D eigenvalue weighted by Gasteiger charge is 2.21. The van der Waals surface area contributed by atoms with E-state index in [0.29, 0.717) is 13.2 Å². The lowest BCUT2D eigenvalue weighted by Crippen LogP contribution is -2.48. The van der Waals surface area contributed by atoms with E-state index in [0.717, 1.165) is 55.0 Å². The molecule has 1 saturated heterocycles. The van der Waals surface area contributed by atoms with Crippen molar-refractivity contribution in [2.24, 2.45) is 5.73 Å². The Bertz CT molecular complexity index is 429. The molecule has 0 bridgehead atoms. The Morgan fingerprint density at radius 3 is 2.57 bits per heavy atom. The number of nitrogens with zero attached hydrogens (tertiary/aromatic N) is 4. The Hall–Kier alpha value is -0.730. The summed E-state index contributed by atoms with van der Waals surface area (Å²) >= 11 is 1.71. The van der Waals surface area contributed by atoms with E-state index in [2.05, 4.69) is 28.8 Å². The fourth-order valence-electron chi connectivity index (χ4n) is 2.42. The van der Waals surface area contributed by atoms with E-state index >= 15 is 0 Å². The van der Waals surface area contributed by atoms with Crippen molar-refractivity contribution in [3.63, 3.8) is 0 Å². The topological polar surface area (TPSA) is 57.9 Å². The van der Waals surface area contributed by atoms with Gasteiger partial charge in [-0.25, -0.2) is 4.98 Å². The molecule has 0 saturated carbocycles. The van der Waals surface area contributed by atoms with Crippen LogP contribution in [-0.2, 0) is 17.9 Å². The monoisotopic (exact) mass is 313 g/mol. The average Bonchev–Trinajstić information content (AvgIpc) is 2.89. The maximum atomic E-state index is 5.80. The average molecular weight is 313 g/mol. The molecule has 0 spiro atoms. The second-order valence-electron chi connectivity index (χ2n) is 5.64. The zero-order valence-electron chi connectivity index (χ0n) is 13.3. The molecule has 1 aromatic heterocycles. The van der Waals surface area contributed by atoms with Gasteiger partial charge in [0.2, 0.25) is 0 Å². The molecular weight excluding hydrogens is 286 g/mol. The smallest absolute Gasteiger partial charge is 0.185 e. The molecule has 0 atom stereocenters. The van der Waals surface area contributed by atoms with Crippen molar-refractivity contribution in [3.8, 4) is 0 Å². The Balaban J connectivity index is 1.89. The number of ether oxygens (including phenoxy) is 1. The van der Waals surface area contributed by atoms with Crippen LogP contribution in [0.25, 0.3) is 0 Å². The Kier molecular flexibility index (Phi) is 6.38. The third-order valence-corrected chi connectivity index (χ3v) is 4.92. The lowest BCUT2D eigenvalue weighted by atomic mass is 10.3. The minimum absolute atomic E-state index is 0.541. The van der Waals surface area contributed by atoms with Gasteiger partial charge in [0, 0.05) is 57.8 Å². The van der Waals surface area contributed by atoms with Gasteiger partial charge < -0.3 is 20.3 Å². The molecule has 21 heavy (non-hydrogen) atoms. The maximum Gasteiger partial charge on any atom is 0.185 e. The largest absolute Gasteiger partial charge is 0.378 e. The van der Waals surface area contributed by atoms with Crippen LogP contribution in [0.1, 0.15) is 10.6 Å². The zero-order valence-corrected chi connectivity index (χ0v) is 14.2. The standard InChI is InChI=1S/C14H27N5OS/c1-17(2)4-5-18-6-8-19(9-7-18)14-16-12(11-20-3)13(10-15)21-14/h4-11,15H2,1-3H3. The number of thiazole rings is 1. The van der Waals surface area contributed by atoms with E-state index < -0.39 is 0 Å². The summed E-state index contributed by atoms with van der Waals surface area (Å²) in [6.45, 7) is 7.63. The number of methoxy groups -OCH3 is 1. The molecule has 0 aromatic carbocycles. The van der Waals surface area contributed by atoms with Gasteiger partial charge in [0.05, 0.1) is 12.3 Å². The van der Waals surface area contributed by atoms with Crippen molar-refractivity contribution in [2.75, 3.05) is 65.4 Å². The molecule has 120 valence electrons. The van der Waals surface area contributed by atoms with Gasteiger partial charge in [-0.1, -0.05) is 0 Å². The first-order chi connectivity index (χ1) is 10.1. The molecule has 1 aliphatic heterocycles. The van der Waals surface area contributed by atoms with Gasteiger partial charge in [0.15, 0.2) is 5.13 Å². The molecule has 0 aliphatic carbocycles. The van der Waals surface area contributed by atoms with Crippen LogP contribution >= 0.6 is 11.3 Å². The van der Waals surface area contributed by atoms with Crippen molar-refractivity contribution < 1.29 is 4.74 Å². The normalized spacial score (nSPS) is 16.9.